The average Bonchev–Trinajstić information content (AvgIpc) is 3.56. The zero-order chi connectivity index (χ0) is 24.6. The molecule has 0 aromatic carbocycles. The van der Waals surface area contributed by atoms with Crippen LogP contribution in [-0.4, -0.2) is 81.6 Å². The van der Waals surface area contributed by atoms with Gasteiger partial charge < -0.3 is 24.8 Å². The summed E-state index contributed by atoms with van der Waals surface area (Å²) in [4.78, 5) is 40.5. The fraction of sp³-hybridized carbons (Fsp3) is 0.583. The van der Waals surface area contributed by atoms with E-state index in [0.29, 0.717) is 57.3 Å². The highest BCUT2D eigenvalue weighted by atomic mass is 16.5. The van der Waals surface area contributed by atoms with Crippen LogP contribution < -0.4 is 10.9 Å². The topological polar surface area (TPSA) is 127 Å². The lowest BCUT2D eigenvalue weighted by Crippen LogP contribution is -2.39. The number of hydrogen-bond acceptors (Lipinski definition) is 7. The van der Waals surface area contributed by atoms with Crippen molar-refractivity contribution in [2.24, 2.45) is 5.41 Å². The summed E-state index contributed by atoms with van der Waals surface area (Å²) in [5.41, 5.74) is -0.381. The van der Waals surface area contributed by atoms with E-state index in [2.05, 4.69) is 17.3 Å². The monoisotopic (exact) mass is 485 g/mol. The third-order valence-electron chi connectivity index (χ3n) is 7.02. The molecule has 2 aromatic heterocycles. The van der Waals surface area contributed by atoms with Gasteiger partial charge in [-0.15, -0.1) is 0 Å². The number of morpholine rings is 1. The van der Waals surface area contributed by atoms with E-state index in [0.717, 1.165) is 30.2 Å². The smallest absolute Gasteiger partial charge is 0.291 e. The zero-order valence-electron chi connectivity index (χ0n) is 19.9. The van der Waals surface area contributed by atoms with Gasteiger partial charge in [0.25, 0.3) is 11.5 Å². The van der Waals surface area contributed by atoms with Crippen molar-refractivity contribution in [3.05, 3.63) is 33.8 Å². The van der Waals surface area contributed by atoms with Crippen molar-refractivity contribution in [3.63, 3.8) is 0 Å². The number of hydrogen-bond donors (Lipinski definition) is 2. The minimum atomic E-state index is -0.691. The molecule has 2 aliphatic heterocycles. The van der Waals surface area contributed by atoms with Gasteiger partial charge in [-0.3, -0.25) is 19.0 Å². The number of ether oxygens (including phenoxy) is 2. The Balaban J connectivity index is 1.57. The van der Waals surface area contributed by atoms with E-state index in [1.165, 1.54) is 12.3 Å². The molecule has 0 bridgehead atoms. The van der Waals surface area contributed by atoms with Crippen molar-refractivity contribution in [1.29, 1.82) is 0 Å². The second kappa shape index (κ2) is 9.46. The Morgan fingerprint density at radius 3 is 2.57 bits per heavy atom. The molecule has 188 valence electrons. The SMILES string of the molecule is CC1(Cn2c(O)c(C(=O)NC3CC3)c(=O)n3ncc(C=CC(=O)N4CCOCC4)c23)CCOCC1. The second-order valence-corrected chi connectivity index (χ2v) is 9.87. The first-order valence-electron chi connectivity index (χ1n) is 12.1. The predicted octanol–water partition coefficient (Wildman–Crippen LogP) is 0.782. The van der Waals surface area contributed by atoms with Gasteiger partial charge in [0.2, 0.25) is 11.8 Å². The van der Waals surface area contributed by atoms with E-state index in [1.54, 1.807) is 15.5 Å². The van der Waals surface area contributed by atoms with Crippen molar-refractivity contribution in [1.82, 2.24) is 24.4 Å². The second-order valence-electron chi connectivity index (χ2n) is 9.87. The van der Waals surface area contributed by atoms with Crippen molar-refractivity contribution >= 4 is 23.5 Å². The summed E-state index contributed by atoms with van der Waals surface area (Å²) in [5.74, 6) is -1.15. The Kier molecular flexibility index (Phi) is 6.37. The number of carbonyl (C=O) groups excluding carboxylic acids is 2. The Morgan fingerprint density at radius 2 is 1.89 bits per heavy atom. The third-order valence-corrected chi connectivity index (χ3v) is 7.02. The molecule has 0 unspecified atom stereocenters. The van der Waals surface area contributed by atoms with Crippen LogP contribution in [0.25, 0.3) is 11.7 Å². The average molecular weight is 486 g/mol. The first kappa shape index (κ1) is 23.6. The third kappa shape index (κ3) is 4.83. The van der Waals surface area contributed by atoms with Gasteiger partial charge in [0.05, 0.1) is 19.4 Å². The van der Waals surface area contributed by atoms with Crippen molar-refractivity contribution in [3.8, 4) is 5.88 Å². The fourth-order valence-electron chi connectivity index (χ4n) is 4.62. The fourth-order valence-corrected chi connectivity index (χ4v) is 4.62. The van der Waals surface area contributed by atoms with Crippen molar-refractivity contribution in [2.75, 3.05) is 39.5 Å². The molecular formula is C24H31N5O6. The lowest BCUT2D eigenvalue weighted by Gasteiger charge is -2.34. The number of rotatable bonds is 6. The van der Waals surface area contributed by atoms with E-state index >= 15 is 0 Å². The van der Waals surface area contributed by atoms with Crippen molar-refractivity contribution in [2.45, 2.75) is 45.2 Å². The molecule has 1 aliphatic carbocycles. The Labute approximate surface area is 202 Å². The van der Waals surface area contributed by atoms with Gasteiger partial charge in [-0.25, -0.2) is 0 Å². The van der Waals surface area contributed by atoms with Gasteiger partial charge in [-0.2, -0.15) is 9.61 Å². The van der Waals surface area contributed by atoms with Crippen LogP contribution in [0.5, 0.6) is 5.88 Å². The molecular weight excluding hydrogens is 454 g/mol. The van der Waals surface area contributed by atoms with Gasteiger partial charge in [0, 0.05) is 50.5 Å². The minimum absolute atomic E-state index is 0.0285. The van der Waals surface area contributed by atoms with E-state index in [4.69, 9.17) is 9.47 Å². The maximum absolute atomic E-state index is 13.2. The number of amides is 2. The normalized spacial score (nSPS) is 20.4. The first-order valence-corrected chi connectivity index (χ1v) is 12.1. The predicted molar refractivity (Wildman–Crippen MR) is 126 cm³/mol. The van der Waals surface area contributed by atoms with Gasteiger partial charge in [-0.1, -0.05) is 6.92 Å². The standard InChI is InChI=1S/C24H31N5O6/c1-24(6-10-34-11-7-24)15-28-21-16(2-5-18(30)27-8-12-35-13-9-27)14-25-29(21)23(33)19(22(28)32)20(31)26-17-3-4-17/h2,5,14,17,32H,3-4,6-13,15H2,1H3,(H,26,31). The van der Waals surface area contributed by atoms with Crippen molar-refractivity contribution < 1.29 is 24.2 Å². The highest BCUT2D eigenvalue weighted by Gasteiger charge is 2.33. The van der Waals surface area contributed by atoms with E-state index in [-0.39, 0.29) is 28.8 Å². The van der Waals surface area contributed by atoms with Gasteiger partial charge in [0.15, 0.2) is 5.56 Å². The molecule has 1 saturated carbocycles. The summed E-state index contributed by atoms with van der Waals surface area (Å²) in [7, 11) is 0. The van der Waals surface area contributed by atoms with Gasteiger partial charge >= 0.3 is 0 Å². The number of nitrogens with one attached hydrogen (secondary N) is 1. The molecule has 4 heterocycles. The molecule has 0 atom stereocenters. The van der Waals surface area contributed by atoms with Crippen LogP contribution >= 0.6 is 0 Å². The van der Waals surface area contributed by atoms with Crippen LogP contribution in [0.3, 0.4) is 0 Å². The van der Waals surface area contributed by atoms with Gasteiger partial charge in [-0.05, 0) is 37.2 Å². The first-order chi connectivity index (χ1) is 16.9. The Morgan fingerprint density at radius 1 is 1.20 bits per heavy atom. The molecule has 11 nitrogen and oxygen atoms in total. The van der Waals surface area contributed by atoms with Crippen LogP contribution in [0.1, 0.15) is 48.5 Å². The van der Waals surface area contributed by atoms with Crippen LogP contribution in [0.4, 0.5) is 0 Å². The van der Waals surface area contributed by atoms with E-state index in [1.807, 2.05) is 0 Å². The number of aromatic nitrogens is 3. The Hall–Kier alpha value is -3.18. The van der Waals surface area contributed by atoms with E-state index in [9.17, 15) is 19.5 Å². The lowest BCUT2D eigenvalue weighted by molar-refractivity contribution is -0.129. The quantitative estimate of drug-likeness (QED) is 0.579. The van der Waals surface area contributed by atoms with Crippen LogP contribution in [0, 0.1) is 5.41 Å². The number of nitrogens with zero attached hydrogens (tertiary/aromatic N) is 4. The molecule has 11 heteroatoms. The maximum Gasteiger partial charge on any atom is 0.291 e. The molecule has 2 aromatic rings. The largest absolute Gasteiger partial charge is 0.494 e. The maximum atomic E-state index is 13.2. The summed E-state index contributed by atoms with van der Waals surface area (Å²) >= 11 is 0. The van der Waals surface area contributed by atoms with Crippen LogP contribution in [0.2, 0.25) is 0 Å². The molecule has 2 N–H and O–H groups in total. The summed E-state index contributed by atoms with van der Waals surface area (Å²) < 4.78 is 13.5. The molecule has 0 radical (unpaired) electrons. The molecule has 35 heavy (non-hydrogen) atoms. The zero-order valence-corrected chi connectivity index (χ0v) is 19.9. The van der Waals surface area contributed by atoms with Gasteiger partial charge in [0.1, 0.15) is 5.65 Å². The highest BCUT2D eigenvalue weighted by molar-refractivity contribution is 5.97. The molecule has 3 aliphatic rings. The number of aromatic hydroxyl groups is 1. The van der Waals surface area contributed by atoms with Crippen LogP contribution in [0.15, 0.2) is 17.1 Å². The molecule has 2 amide bonds. The highest BCUT2D eigenvalue weighted by Crippen LogP contribution is 2.35. The Bertz CT molecular complexity index is 1220. The number of carbonyl (C=O) groups is 2. The molecule has 3 fully saturated rings. The number of fused-ring (bicyclic) bond motifs is 1. The van der Waals surface area contributed by atoms with Crippen LogP contribution in [-0.2, 0) is 20.8 Å². The summed E-state index contributed by atoms with van der Waals surface area (Å²) in [5, 5.41) is 18.3. The summed E-state index contributed by atoms with van der Waals surface area (Å²) in [6.45, 7) is 5.69. The molecule has 5 rings (SSSR count). The lowest BCUT2D eigenvalue weighted by atomic mass is 9.82. The molecule has 0 spiro atoms. The summed E-state index contributed by atoms with van der Waals surface area (Å²) in [6.07, 6.45) is 7.77. The summed E-state index contributed by atoms with van der Waals surface area (Å²) in [6, 6.07) is 0.0285. The molecule has 2 saturated heterocycles. The van der Waals surface area contributed by atoms with E-state index < -0.39 is 11.5 Å². The minimum Gasteiger partial charge on any atom is -0.494 e.